The summed E-state index contributed by atoms with van der Waals surface area (Å²) in [6, 6.07) is 0. The fourth-order valence-corrected chi connectivity index (χ4v) is 7.91. The Hall–Kier alpha value is -2.59. The van der Waals surface area contributed by atoms with E-state index in [2.05, 4.69) is 5.32 Å². The number of carbonyl (C=O) groups excluding carboxylic acids is 4. The van der Waals surface area contributed by atoms with Crippen LogP contribution in [0.1, 0.15) is 67.2 Å². The number of hydrogen-bond acceptors (Lipinski definition) is 8. The second-order valence-electron chi connectivity index (χ2n) is 13.1. The molecule has 4 rings (SSSR count). The van der Waals surface area contributed by atoms with Crippen molar-refractivity contribution in [3.63, 3.8) is 0 Å². The van der Waals surface area contributed by atoms with E-state index in [4.69, 9.17) is 9.47 Å². The lowest BCUT2D eigenvalue weighted by Gasteiger charge is -2.62. The van der Waals surface area contributed by atoms with E-state index in [1.54, 1.807) is 47.6 Å². The van der Waals surface area contributed by atoms with Crippen LogP contribution in [0.2, 0.25) is 0 Å². The number of hydrogen-bond donors (Lipinski definition) is 3. The van der Waals surface area contributed by atoms with Gasteiger partial charge in [0.1, 0.15) is 17.7 Å². The molecule has 3 saturated carbocycles. The molecule has 3 fully saturated rings. The van der Waals surface area contributed by atoms with E-state index >= 15 is 4.39 Å². The molecule has 0 saturated heterocycles. The van der Waals surface area contributed by atoms with Crippen molar-refractivity contribution < 1.29 is 43.3 Å². The van der Waals surface area contributed by atoms with E-state index in [1.165, 1.54) is 12.2 Å². The molecular weight excluding hydrogens is 509 g/mol. The number of carbonyl (C=O) groups is 4. The van der Waals surface area contributed by atoms with E-state index < -0.39 is 82.6 Å². The Labute approximate surface area is 228 Å². The number of alkyl halides is 1. The number of nitrogens with one attached hydrogen (secondary N) is 1. The number of rotatable bonds is 5. The first-order valence-electron chi connectivity index (χ1n) is 13.6. The molecule has 1 amide bonds. The Bertz CT molecular complexity index is 1140. The Morgan fingerprint density at radius 3 is 2.51 bits per heavy atom. The maximum absolute atomic E-state index is 17.2. The third-order valence-electron chi connectivity index (χ3n) is 9.79. The number of halogens is 1. The van der Waals surface area contributed by atoms with Crippen LogP contribution in [-0.4, -0.2) is 70.0 Å². The van der Waals surface area contributed by atoms with Crippen molar-refractivity contribution in [3.05, 3.63) is 23.8 Å². The van der Waals surface area contributed by atoms with Crippen molar-refractivity contribution >= 4 is 23.6 Å². The average molecular weight is 550 g/mol. The van der Waals surface area contributed by atoms with Crippen molar-refractivity contribution in [2.24, 2.45) is 28.6 Å². The summed E-state index contributed by atoms with van der Waals surface area (Å²) in [5, 5.41) is 25.6. The lowest BCUT2D eigenvalue weighted by molar-refractivity contribution is -0.219. The molecule has 216 valence electrons. The van der Waals surface area contributed by atoms with Crippen LogP contribution in [-0.2, 0) is 23.9 Å². The average Bonchev–Trinajstić information content (AvgIpc) is 3.03. The molecule has 0 aromatic heterocycles. The second-order valence-corrected chi connectivity index (χ2v) is 13.1. The van der Waals surface area contributed by atoms with Gasteiger partial charge in [-0.1, -0.05) is 25.5 Å². The normalized spacial score (nSPS) is 41.1. The van der Waals surface area contributed by atoms with Gasteiger partial charge in [-0.15, -0.1) is 0 Å². The van der Waals surface area contributed by atoms with Crippen LogP contribution in [0.4, 0.5) is 9.18 Å². The number of alkyl carbamates (subject to hydrolysis) is 1. The first-order chi connectivity index (χ1) is 17.9. The third kappa shape index (κ3) is 4.43. The van der Waals surface area contributed by atoms with E-state index in [0.717, 1.165) is 0 Å². The topological polar surface area (TPSA) is 139 Å². The van der Waals surface area contributed by atoms with Crippen molar-refractivity contribution in [3.8, 4) is 0 Å². The monoisotopic (exact) mass is 549 g/mol. The molecule has 9 nitrogen and oxygen atoms in total. The third-order valence-corrected chi connectivity index (χ3v) is 9.79. The number of amides is 1. The summed E-state index contributed by atoms with van der Waals surface area (Å²) in [6.45, 7) is 8.90. The van der Waals surface area contributed by atoms with Gasteiger partial charge in [-0.2, -0.15) is 0 Å². The standard InChI is InChI=1S/C29H40FNO8/c1-16-11-20-19-8-7-17-12-18(32)9-10-26(17,5)28(19,30)21(33)13-27(20,6)29(16,37)22(34)15-38-23(35)14-31-24(36)39-25(2,3)4/h9-10,12,16,19-21,33,37H,7-8,11,13-15H2,1-6H3,(H,31,36). The second kappa shape index (κ2) is 9.51. The van der Waals surface area contributed by atoms with E-state index in [0.29, 0.717) is 24.8 Å². The van der Waals surface area contributed by atoms with Crippen LogP contribution in [0.3, 0.4) is 0 Å². The molecule has 3 N–H and O–H groups in total. The molecule has 0 aromatic carbocycles. The maximum Gasteiger partial charge on any atom is 0.408 e. The van der Waals surface area contributed by atoms with Gasteiger partial charge in [0, 0.05) is 16.7 Å². The lowest BCUT2D eigenvalue weighted by atomic mass is 9.44. The zero-order valence-electron chi connectivity index (χ0n) is 23.5. The number of ether oxygens (including phenoxy) is 2. The fourth-order valence-electron chi connectivity index (χ4n) is 7.91. The predicted molar refractivity (Wildman–Crippen MR) is 138 cm³/mol. The van der Waals surface area contributed by atoms with Crippen LogP contribution in [0.25, 0.3) is 0 Å². The molecule has 8 atom stereocenters. The molecular formula is C29H40FNO8. The first-order valence-corrected chi connectivity index (χ1v) is 13.6. The summed E-state index contributed by atoms with van der Waals surface area (Å²) in [5.74, 6) is -3.48. The Morgan fingerprint density at radius 1 is 1.21 bits per heavy atom. The summed E-state index contributed by atoms with van der Waals surface area (Å²) < 4.78 is 27.4. The summed E-state index contributed by atoms with van der Waals surface area (Å²) in [6.07, 6.45) is 3.08. The molecule has 0 bridgehead atoms. The number of esters is 1. The van der Waals surface area contributed by atoms with Crippen LogP contribution >= 0.6 is 0 Å². The molecule has 0 aliphatic heterocycles. The highest BCUT2D eigenvalue weighted by Crippen LogP contribution is 2.70. The number of aliphatic hydroxyl groups excluding tert-OH is 1. The zero-order valence-corrected chi connectivity index (χ0v) is 23.5. The number of ketones is 2. The van der Waals surface area contributed by atoms with E-state index in [1.807, 2.05) is 0 Å². The summed E-state index contributed by atoms with van der Waals surface area (Å²) in [4.78, 5) is 49.4. The van der Waals surface area contributed by atoms with Gasteiger partial charge in [-0.05, 0) is 77.4 Å². The lowest BCUT2D eigenvalue weighted by Crippen LogP contribution is -2.69. The van der Waals surface area contributed by atoms with Gasteiger partial charge in [0.05, 0.1) is 6.10 Å². The summed E-state index contributed by atoms with van der Waals surface area (Å²) >= 11 is 0. The molecule has 4 aliphatic rings. The van der Waals surface area contributed by atoms with Crippen LogP contribution < -0.4 is 5.32 Å². The molecule has 10 heteroatoms. The number of allylic oxidation sites excluding steroid dienone is 4. The van der Waals surface area contributed by atoms with Gasteiger partial charge >= 0.3 is 12.1 Å². The smallest absolute Gasteiger partial charge is 0.408 e. The van der Waals surface area contributed by atoms with Gasteiger partial charge < -0.3 is 25.0 Å². The van der Waals surface area contributed by atoms with Gasteiger partial charge in [0.25, 0.3) is 0 Å². The van der Waals surface area contributed by atoms with Crippen molar-refractivity contribution in [2.45, 2.75) is 90.2 Å². The SMILES string of the molecule is CC1CC2C3CCC4=CC(=O)C=CC4(C)C3(F)C(O)CC2(C)C1(O)C(=O)COC(=O)CNC(=O)OC(C)(C)C. The predicted octanol–water partition coefficient (Wildman–Crippen LogP) is 2.97. The Balaban J connectivity index is 1.51. The van der Waals surface area contributed by atoms with E-state index in [9.17, 15) is 29.4 Å². The van der Waals surface area contributed by atoms with Gasteiger partial charge in [-0.25, -0.2) is 9.18 Å². The van der Waals surface area contributed by atoms with Gasteiger partial charge in [0.15, 0.2) is 18.1 Å². The fraction of sp³-hybridized carbons (Fsp3) is 0.724. The van der Waals surface area contributed by atoms with Crippen LogP contribution in [0, 0.1) is 28.6 Å². The van der Waals surface area contributed by atoms with Gasteiger partial charge in [-0.3, -0.25) is 14.4 Å². The highest BCUT2D eigenvalue weighted by Gasteiger charge is 2.75. The zero-order chi connectivity index (χ0) is 29.2. The number of Topliss-reactive ketones (excluding diaryl/α,β-unsaturated/α-hetero) is 1. The number of aliphatic hydroxyl groups is 2. The maximum atomic E-state index is 17.2. The molecule has 4 aliphatic carbocycles. The largest absolute Gasteiger partial charge is 0.456 e. The highest BCUT2D eigenvalue weighted by atomic mass is 19.1. The minimum absolute atomic E-state index is 0.171. The van der Waals surface area contributed by atoms with Crippen molar-refractivity contribution in [2.75, 3.05) is 13.2 Å². The molecule has 0 aromatic rings. The minimum Gasteiger partial charge on any atom is -0.456 e. The van der Waals surface area contributed by atoms with Crippen LogP contribution in [0.5, 0.6) is 0 Å². The highest BCUT2D eigenvalue weighted by molar-refractivity contribution is 6.01. The summed E-state index contributed by atoms with van der Waals surface area (Å²) in [7, 11) is 0. The quantitative estimate of drug-likeness (QED) is 0.445. The molecule has 0 heterocycles. The molecule has 0 radical (unpaired) electrons. The molecule has 8 unspecified atom stereocenters. The Kier molecular flexibility index (Phi) is 7.17. The molecule has 39 heavy (non-hydrogen) atoms. The molecule has 0 spiro atoms. The summed E-state index contributed by atoms with van der Waals surface area (Å²) in [5.41, 5.74) is -6.48. The van der Waals surface area contributed by atoms with Gasteiger partial charge in [0.2, 0.25) is 5.78 Å². The van der Waals surface area contributed by atoms with Crippen LogP contribution in [0.15, 0.2) is 23.8 Å². The minimum atomic E-state index is -2.08. The Morgan fingerprint density at radius 2 is 1.87 bits per heavy atom. The van der Waals surface area contributed by atoms with E-state index in [-0.39, 0.29) is 12.2 Å². The number of fused-ring (bicyclic) bond motifs is 5. The first kappa shape index (κ1) is 29.4. The van der Waals surface area contributed by atoms with Crippen molar-refractivity contribution in [1.82, 2.24) is 5.32 Å². The van der Waals surface area contributed by atoms with Crippen molar-refractivity contribution in [1.29, 1.82) is 0 Å².